The van der Waals surface area contributed by atoms with Crippen LogP contribution in [0.5, 0.6) is 0 Å². The van der Waals surface area contributed by atoms with E-state index in [2.05, 4.69) is 5.32 Å². The predicted octanol–water partition coefficient (Wildman–Crippen LogP) is 0.677. The first kappa shape index (κ1) is 10.6. The Morgan fingerprint density at radius 1 is 1.31 bits per heavy atom. The number of hydrogen-bond donors (Lipinski definition) is 1. The van der Waals surface area contributed by atoms with E-state index in [0.29, 0.717) is 5.69 Å². The number of rotatable bonds is 1. The molecule has 1 unspecified atom stereocenters. The highest BCUT2D eigenvalue weighted by molar-refractivity contribution is 6.06. The van der Waals surface area contributed by atoms with Gasteiger partial charge in [-0.1, -0.05) is 0 Å². The molecule has 2 rings (SSSR count). The number of amides is 2. The summed E-state index contributed by atoms with van der Waals surface area (Å²) in [7, 11) is 0. The summed E-state index contributed by atoms with van der Waals surface area (Å²) in [5.74, 6) is -0.770. The van der Waals surface area contributed by atoms with E-state index in [1.54, 1.807) is 6.92 Å². The minimum atomic E-state index is -0.563. The van der Waals surface area contributed by atoms with E-state index in [0.717, 1.165) is 0 Å². The lowest BCUT2D eigenvalue weighted by atomic mass is 10.1. The summed E-state index contributed by atoms with van der Waals surface area (Å²) in [5.41, 5.74) is 0.536. The smallest absolute Gasteiger partial charge is 0.247 e. The van der Waals surface area contributed by atoms with Crippen molar-refractivity contribution in [2.45, 2.75) is 13.0 Å². The molecule has 1 aliphatic rings. The molecule has 1 aromatic rings. The van der Waals surface area contributed by atoms with Crippen molar-refractivity contribution in [2.24, 2.45) is 0 Å². The molecule has 0 aromatic heterocycles. The summed E-state index contributed by atoms with van der Waals surface area (Å²) in [4.78, 5) is 24.4. The second-order valence-corrected chi connectivity index (χ2v) is 3.63. The first-order chi connectivity index (χ1) is 7.59. The second-order valence-electron chi connectivity index (χ2n) is 3.63. The van der Waals surface area contributed by atoms with Crippen LogP contribution in [-0.4, -0.2) is 24.4 Å². The predicted molar refractivity (Wildman–Crippen MR) is 56.4 cm³/mol. The molecule has 1 aromatic carbocycles. The highest BCUT2D eigenvalue weighted by Gasteiger charge is 2.31. The summed E-state index contributed by atoms with van der Waals surface area (Å²) >= 11 is 0. The number of carbonyl (C=O) groups excluding carboxylic acids is 2. The molecule has 0 saturated carbocycles. The van der Waals surface area contributed by atoms with Crippen LogP contribution in [0.1, 0.15) is 6.92 Å². The Bertz CT molecular complexity index is 430. The van der Waals surface area contributed by atoms with Crippen molar-refractivity contribution in [1.29, 1.82) is 0 Å². The van der Waals surface area contributed by atoms with Gasteiger partial charge < -0.3 is 5.32 Å². The Kier molecular flexibility index (Phi) is 2.60. The van der Waals surface area contributed by atoms with Gasteiger partial charge in [0.05, 0.1) is 6.54 Å². The fourth-order valence-corrected chi connectivity index (χ4v) is 1.70. The molecule has 0 radical (unpaired) electrons. The van der Waals surface area contributed by atoms with Crippen LogP contribution in [0.25, 0.3) is 0 Å². The zero-order valence-corrected chi connectivity index (χ0v) is 8.74. The van der Waals surface area contributed by atoms with Crippen molar-refractivity contribution in [3.8, 4) is 0 Å². The molecule has 2 amide bonds. The largest absolute Gasteiger partial charge is 0.345 e. The van der Waals surface area contributed by atoms with Crippen molar-refractivity contribution in [3.05, 3.63) is 30.1 Å². The van der Waals surface area contributed by atoms with Crippen LogP contribution in [0, 0.1) is 5.82 Å². The van der Waals surface area contributed by atoms with Gasteiger partial charge in [0.15, 0.2) is 0 Å². The molecule has 1 aliphatic heterocycles. The third kappa shape index (κ3) is 1.76. The van der Waals surface area contributed by atoms with Crippen molar-refractivity contribution >= 4 is 17.5 Å². The number of nitrogens with zero attached hydrogens (tertiary/aromatic N) is 1. The van der Waals surface area contributed by atoms with E-state index in [9.17, 15) is 14.0 Å². The van der Waals surface area contributed by atoms with E-state index in [1.165, 1.54) is 29.2 Å². The maximum atomic E-state index is 12.7. The summed E-state index contributed by atoms with van der Waals surface area (Å²) in [6.07, 6.45) is 0. The minimum absolute atomic E-state index is 0.0133. The average molecular weight is 222 g/mol. The molecule has 0 spiro atoms. The van der Waals surface area contributed by atoms with Crippen LogP contribution in [0.15, 0.2) is 24.3 Å². The fraction of sp³-hybridized carbons (Fsp3) is 0.273. The number of carbonyl (C=O) groups is 2. The van der Waals surface area contributed by atoms with E-state index in [4.69, 9.17) is 0 Å². The monoisotopic (exact) mass is 222 g/mol. The lowest BCUT2D eigenvalue weighted by Crippen LogP contribution is -2.57. The van der Waals surface area contributed by atoms with Gasteiger partial charge in [-0.25, -0.2) is 4.39 Å². The van der Waals surface area contributed by atoms with Gasteiger partial charge in [0.25, 0.3) is 0 Å². The molecule has 84 valence electrons. The van der Waals surface area contributed by atoms with Crippen LogP contribution in [0.2, 0.25) is 0 Å². The van der Waals surface area contributed by atoms with Crippen molar-refractivity contribution in [3.63, 3.8) is 0 Å². The quantitative estimate of drug-likeness (QED) is 0.759. The number of nitrogens with one attached hydrogen (secondary N) is 1. The van der Waals surface area contributed by atoms with Gasteiger partial charge in [-0.15, -0.1) is 0 Å². The lowest BCUT2D eigenvalue weighted by molar-refractivity contribution is -0.130. The Hall–Kier alpha value is -1.91. The lowest BCUT2D eigenvalue weighted by Gasteiger charge is -2.32. The van der Waals surface area contributed by atoms with Gasteiger partial charge in [-0.3, -0.25) is 14.5 Å². The second kappa shape index (κ2) is 3.92. The van der Waals surface area contributed by atoms with Crippen LogP contribution >= 0.6 is 0 Å². The van der Waals surface area contributed by atoms with Crippen LogP contribution < -0.4 is 10.2 Å². The summed E-state index contributed by atoms with van der Waals surface area (Å²) in [6, 6.07) is 4.95. The maximum absolute atomic E-state index is 12.7. The third-order valence-corrected chi connectivity index (χ3v) is 2.55. The van der Waals surface area contributed by atoms with E-state index in [1.807, 2.05) is 0 Å². The highest BCUT2D eigenvalue weighted by atomic mass is 19.1. The van der Waals surface area contributed by atoms with E-state index >= 15 is 0 Å². The average Bonchev–Trinajstić information content (AvgIpc) is 2.27. The molecule has 4 nitrogen and oxygen atoms in total. The van der Waals surface area contributed by atoms with Crippen molar-refractivity contribution < 1.29 is 14.0 Å². The molecule has 0 aliphatic carbocycles. The SMILES string of the molecule is CC1C(=O)NCC(=O)N1c1ccc(F)cc1. The van der Waals surface area contributed by atoms with Crippen molar-refractivity contribution in [2.75, 3.05) is 11.4 Å². The first-order valence-corrected chi connectivity index (χ1v) is 4.95. The zero-order valence-electron chi connectivity index (χ0n) is 8.74. The Balaban J connectivity index is 2.33. The number of anilines is 1. The Morgan fingerprint density at radius 2 is 1.94 bits per heavy atom. The third-order valence-electron chi connectivity index (χ3n) is 2.55. The van der Waals surface area contributed by atoms with E-state index < -0.39 is 6.04 Å². The van der Waals surface area contributed by atoms with Gasteiger partial charge in [0, 0.05) is 5.69 Å². The number of halogens is 1. The van der Waals surface area contributed by atoms with Gasteiger partial charge in [0.2, 0.25) is 11.8 Å². The van der Waals surface area contributed by atoms with Gasteiger partial charge in [-0.2, -0.15) is 0 Å². The normalized spacial score (nSPS) is 20.9. The molecule has 16 heavy (non-hydrogen) atoms. The van der Waals surface area contributed by atoms with Crippen LogP contribution in [-0.2, 0) is 9.59 Å². The van der Waals surface area contributed by atoms with Crippen LogP contribution in [0.3, 0.4) is 0 Å². The first-order valence-electron chi connectivity index (χ1n) is 4.95. The minimum Gasteiger partial charge on any atom is -0.345 e. The summed E-state index contributed by atoms with van der Waals surface area (Å²) < 4.78 is 12.7. The molecular weight excluding hydrogens is 211 g/mol. The molecule has 0 bridgehead atoms. The Labute approximate surface area is 92.0 Å². The molecule has 1 heterocycles. The Morgan fingerprint density at radius 3 is 2.56 bits per heavy atom. The number of hydrogen-bond acceptors (Lipinski definition) is 2. The zero-order chi connectivity index (χ0) is 11.7. The maximum Gasteiger partial charge on any atom is 0.247 e. The van der Waals surface area contributed by atoms with Crippen molar-refractivity contribution in [1.82, 2.24) is 5.32 Å². The molecule has 1 N–H and O–H groups in total. The molecule has 1 fully saturated rings. The molecular formula is C11H11FN2O2. The molecule has 1 atom stereocenters. The van der Waals surface area contributed by atoms with Gasteiger partial charge in [0.1, 0.15) is 11.9 Å². The number of piperazine rings is 1. The summed E-state index contributed by atoms with van der Waals surface area (Å²) in [6.45, 7) is 1.62. The van der Waals surface area contributed by atoms with Crippen LogP contribution in [0.4, 0.5) is 10.1 Å². The topological polar surface area (TPSA) is 49.4 Å². The van der Waals surface area contributed by atoms with Gasteiger partial charge >= 0.3 is 0 Å². The standard InChI is InChI=1S/C11H11FN2O2/c1-7-11(16)13-6-10(15)14(7)9-4-2-8(12)3-5-9/h2-5,7H,6H2,1H3,(H,13,16). The molecule has 1 saturated heterocycles. The fourth-order valence-electron chi connectivity index (χ4n) is 1.70. The number of benzene rings is 1. The molecule has 5 heteroatoms. The van der Waals surface area contributed by atoms with E-state index in [-0.39, 0.29) is 24.2 Å². The summed E-state index contributed by atoms with van der Waals surface area (Å²) in [5, 5.41) is 2.49. The van der Waals surface area contributed by atoms with Gasteiger partial charge in [-0.05, 0) is 31.2 Å². The highest BCUT2D eigenvalue weighted by Crippen LogP contribution is 2.19.